The van der Waals surface area contributed by atoms with Crippen LogP contribution in [0, 0.1) is 0 Å². The SMILES string of the molecule is CC(C)N1CC([NH-])C(O)C1.[K+]. The molecule has 1 aliphatic heterocycles. The Balaban J connectivity index is 0.000001000. The van der Waals surface area contributed by atoms with Gasteiger partial charge in [-0.2, -0.15) is 0 Å². The van der Waals surface area contributed by atoms with Gasteiger partial charge in [-0.3, -0.25) is 4.90 Å². The maximum Gasteiger partial charge on any atom is 1.00 e. The van der Waals surface area contributed by atoms with Crippen molar-refractivity contribution >= 4 is 0 Å². The summed E-state index contributed by atoms with van der Waals surface area (Å²) >= 11 is 0. The van der Waals surface area contributed by atoms with E-state index in [0.717, 1.165) is 6.54 Å². The standard InChI is InChI=1S/C7H15N2O.K/c1-5(2)9-3-6(8)7(10)4-9;/h5-8,10H,3-4H2,1-2H3;/q-1;+1. The summed E-state index contributed by atoms with van der Waals surface area (Å²) in [6, 6.07) is 0.174. The second kappa shape index (κ2) is 5.29. The predicted octanol–water partition coefficient (Wildman–Crippen LogP) is -2.50. The topological polar surface area (TPSA) is 47.3 Å². The van der Waals surface area contributed by atoms with E-state index in [1.54, 1.807) is 0 Å². The maximum atomic E-state index is 9.19. The Kier molecular flexibility index (Phi) is 6.02. The van der Waals surface area contributed by atoms with Crippen molar-refractivity contribution in [3.63, 3.8) is 0 Å². The van der Waals surface area contributed by atoms with Crippen LogP contribution >= 0.6 is 0 Å². The third-order valence-electron chi connectivity index (χ3n) is 2.05. The molecule has 0 spiro atoms. The van der Waals surface area contributed by atoms with Gasteiger partial charge in [-0.15, -0.1) is 0 Å². The van der Waals surface area contributed by atoms with E-state index in [0.29, 0.717) is 12.6 Å². The van der Waals surface area contributed by atoms with Crippen LogP contribution < -0.4 is 51.4 Å². The first kappa shape index (κ1) is 12.5. The summed E-state index contributed by atoms with van der Waals surface area (Å²) in [5.41, 5.74) is 7.37. The fourth-order valence-corrected chi connectivity index (χ4v) is 1.24. The van der Waals surface area contributed by atoms with Crippen molar-refractivity contribution < 1.29 is 56.5 Å². The minimum atomic E-state index is -0.428. The summed E-state index contributed by atoms with van der Waals surface area (Å²) < 4.78 is 0. The van der Waals surface area contributed by atoms with Crippen LogP contribution in [0.5, 0.6) is 0 Å². The number of rotatable bonds is 1. The Morgan fingerprint density at radius 2 is 2.00 bits per heavy atom. The quantitative estimate of drug-likeness (QED) is 0.456. The molecule has 0 aromatic heterocycles. The summed E-state index contributed by atoms with van der Waals surface area (Å²) in [5, 5.41) is 9.19. The molecule has 0 bridgehead atoms. The smallest absolute Gasteiger partial charge is 0.671 e. The molecule has 11 heavy (non-hydrogen) atoms. The Labute approximate surface area is 111 Å². The van der Waals surface area contributed by atoms with Crippen molar-refractivity contribution in [2.24, 2.45) is 0 Å². The summed E-state index contributed by atoms with van der Waals surface area (Å²) in [6.07, 6.45) is -0.428. The molecule has 1 fully saturated rings. The van der Waals surface area contributed by atoms with Gasteiger partial charge in [0, 0.05) is 12.6 Å². The zero-order valence-electron chi connectivity index (χ0n) is 7.54. The van der Waals surface area contributed by atoms with Gasteiger partial charge in [0.05, 0.1) is 6.10 Å². The first-order valence-electron chi connectivity index (χ1n) is 3.74. The molecule has 1 rings (SSSR count). The zero-order valence-corrected chi connectivity index (χ0v) is 10.7. The van der Waals surface area contributed by atoms with Crippen molar-refractivity contribution in [1.82, 2.24) is 4.90 Å². The van der Waals surface area contributed by atoms with Crippen LogP contribution in [0.25, 0.3) is 5.73 Å². The van der Waals surface area contributed by atoms with Gasteiger partial charge in [0.25, 0.3) is 0 Å². The van der Waals surface area contributed by atoms with Crippen molar-refractivity contribution in [3.8, 4) is 0 Å². The average Bonchev–Trinajstić information content (AvgIpc) is 2.13. The van der Waals surface area contributed by atoms with Crippen LogP contribution in [-0.4, -0.2) is 41.3 Å². The molecule has 2 atom stereocenters. The predicted molar refractivity (Wildman–Crippen MR) is 40.8 cm³/mol. The monoisotopic (exact) mass is 182 g/mol. The van der Waals surface area contributed by atoms with Crippen LogP contribution in [0.2, 0.25) is 0 Å². The molecule has 0 amide bonds. The van der Waals surface area contributed by atoms with Crippen LogP contribution in [-0.2, 0) is 0 Å². The second-order valence-electron chi connectivity index (χ2n) is 3.22. The van der Waals surface area contributed by atoms with E-state index in [-0.39, 0.29) is 57.4 Å². The molecule has 60 valence electrons. The first-order valence-corrected chi connectivity index (χ1v) is 3.74. The molecule has 1 aliphatic rings. The van der Waals surface area contributed by atoms with Crippen molar-refractivity contribution in [2.75, 3.05) is 13.1 Å². The molecule has 0 aliphatic carbocycles. The normalized spacial score (nSPS) is 32.5. The zero-order chi connectivity index (χ0) is 7.72. The van der Waals surface area contributed by atoms with Crippen LogP contribution in [0.15, 0.2) is 0 Å². The van der Waals surface area contributed by atoms with Gasteiger partial charge in [0.15, 0.2) is 0 Å². The number of aliphatic hydroxyl groups is 1. The largest absolute Gasteiger partial charge is 1.00 e. The Bertz CT molecular complexity index is 111. The van der Waals surface area contributed by atoms with Crippen LogP contribution in [0.3, 0.4) is 0 Å². The number of nitrogens with one attached hydrogen (secondary N) is 1. The van der Waals surface area contributed by atoms with E-state index in [4.69, 9.17) is 5.73 Å². The van der Waals surface area contributed by atoms with E-state index in [2.05, 4.69) is 18.7 Å². The number of hydrogen-bond donors (Lipinski definition) is 1. The molecule has 2 N–H and O–H groups in total. The number of β-amino-alcohol motifs (C(OH)–C–C–N with tert-alkyl or cyclic N) is 1. The Morgan fingerprint density at radius 1 is 1.45 bits per heavy atom. The second-order valence-corrected chi connectivity index (χ2v) is 3.22. The van der Waals surface area contributed by atoms with Gasteiger partial charge >= 0.3 is 51.4 Å². The minimum absolute atomic E-state index is 0. The molecule has 1 saturated heterocycles. The van der Waals surface area contributed by atoms with E-state index >= 15 is 0 Å². The van der Waals surface area contributed by atoms with Crippen molar-refractivity contribution in [2.45, 2.75) is 32.0 Å². The molecule has 0 saturated carbocycles. The van der Waals surface area contributed by atoms with Gasteiger partial charge in [0.2, 0.25) is 0 Å². The number of hydrogen-bond acceptors (Lipinski definition) is 2. The number of aliphatic hydroxyl groups excluding tert-OH is 1. The molecule has 0 radical (unpaired) electrons. The van der Waals surface area contributed by atoms with Gasteiger partial charge in [0.1, 0.15) is 0 Å². The van der Waals surface area contributed by atoms with Crippen molar-refractivity contribution in [1.29, 1.82) is 0 Å². The van der Waals surface area contributed by atoms with E-state index in [9.17, 15) is 5.11 Å². The third-order valence-corrected chi connectivity index (χ3v) is 2.05. The Morgan fingerprint density at radius 3 is 2.18 bits per heavy atom. The third kappa shape index (κ3) is 3.40. The van der Waals surface area contributed by atoms with E-state index in [1.807, 2.05) is 0 Å². The van der Waals surface area contributed by atoms with Gasteiger partial charge in [-0.25, -0.2) is 0 Å². The summed E-state index contributed by atoms with van der Waals surface area (Å²) in [6.45, 7) is 5.57. The van der Waals surface area contributed by atoms with Crippen LogP contribution in [0.1, 0.15) is 13.8 Å². The fraction of sp³-hybridized carbons (Fsp3) is 1.00. The van der Waals surface area contributed by atoms with Crippen LogP contribution in [0.4, 0.5) is 0 Å². The van der Waals surface area contributed by atoms with Gasteiger partial charge in [-0.05, 0) is 20.4 Å². The van der Waals surface area contributed by atoms with E-state index < -0.39 is 6.10 Å². The molecular formula is C7H15KN2O. The average molecular weight is 182 g/mol. The van der Waals surface area contributed by atoms with Gasteiger partial charge in [-0.1, -0.05) is 6.04 Å². The summed E-state index contributed by atoms with van der Waals surface area (Å²) in [7, 11) is 0. The minimum Gasteiger partial charge on any atom is -0.671 e. The van der Waals surface area contributed by atoms with Gasteiger partial charge < -0.3 is 10.8 Å². The summed E-state index contributed by atoms with van der Waals surface area (Å²) in [5.74, 6) is 0. The molecule has 4 heteroatoms. The van der Waals surface area contributed by atoms with E-state index in [1.165, 1.54) is 0 Å². The Hall–Kier alpha value is 1.52. The molecule has 2 unspecified atom stereocenters. The molecular weight excluding hydrogens is 167 g/mol. The molecule has 1 heterocycles. The number of nitrogens with zero attached hydrogens (tertiary/aromatic N) is 1. The molecule has 0 aromatic rings. The summed E-state index contributed by atoms with van der Waals surface area (Å²) in [4.78, 5) is 2.13. The van der Waals surface area contributed by atoms with Crippen molar-refractivity contribution in [3.05, 3.63) is 5.73 Å². The maximum absolute atomic E-state index is 9.19. The molecule has 0 aromatic carbocycles. The fourth-order valence-electron chi connectivity index (χ4n) is 1.24. The number of likely N-dealkylation sites (tertiary alicyclic amines) is 1. The molecule has 3 nitrogen and oxygen atoms in total. The first-order chi connectivity index (χ1) is 4.61.